The average molecular weight is 1440 g/mol. The Kier molecular flexibility index (Phi) is 56.8. The molecule has 0 aromatic carbocycles. The van der Waals surface area contributed by atoms with Crippen molar-refractivity contribution < 1.29 is 89.4 Å². The molecule has 0 aromatic heterocycles. The lowest BCUT2D eigenvalue weighted by molar-refractivity contribution is -0.379. The van der Waals surface area contributed by atoms with Gasteiger partial charge >= 0.3 is 0 Å². The van der Waals surface area contributed by atoms with Crippen molar-refractivity contribution in [3.05, 3.63) is 109 Å². The summed E-state index contributed by atoms with van der Waals surface area (Å²) in [5.74, 6) is -0.294. The Morgan fingerprint density at radius 3 is 1.10 bits per heavy atom. The lowest BCUT2D eigenvalue weighted by Crippen LogP contribution is -2.66. The summed E-state index contributed by atoms with van der Waals surface area (Å²) in [7, 11) is 0. The molecular formula is C83H143NO18. The maximum Gasteiger partial charge on any atom is 0.220 e. The second-order valence-electron chi connectivity index (χ2n) is 28.1. The zero-order chi connectivity index (χ0) is 73.9. The van der Waals surface area contributed by atoms with E-state index in [1.165, 1.54) is 148 Å². The van der Waals surface area contributed by atoms with Gasteiger partial charge in [-0.2, -0.15) is 0 Å². The fourth-order valence-electron chi connectivity index (χ4n) is 12.9. The fourth-order valence-corrected chi connectivity index (χ4v) is 12.9. The van der Waals surface area contributed by atoms with Gasteiger partial charge in [-0.15, -0.1) is 0 Å². The number of hydrogen-bond donors (Lipinski definition) is 12. The van der Waals surface area contributed by atoms with Crippen LogP contribution in [0.1, 0.15) is 277 Å². The topological polar surface area (TPSA) is 307 Å². The van der Waals surface area contributed by atoms with Crippen molar-refractivity contribution in [3.63, 3.8) is 0 Å². The summed E-state index contributed by atoms with van der Waals surface area (Å²) < 4.78 is 34.4. The first-order chi connectivity index (χ1) is 49.8. The summed E-state index contributed by atoms with van der Waals surface area (Å²) in [6.07, 6.45) is 59.2. The van der Waals surface area contributed by atoms with Gasteiger partial charge in [0, 0.05) is 6.42 Å². The van der Waals surface area contributed by atoms with Crippen molar-refractivity contribution in [1.29, 1.82) is 0 Å². The van der Waals surface area contributed by atoms with E-state index >= 15 is 0 Å². The van der Waals surface area contributed by atoms with E-state index < -0.39 is 124 Å². The number of nitrogens with one attached hydrogen (secondary N) is 1. The van der Waals surface area contributed by atoms with Crippen LogP contribution in [0, 0.1) is 0 Å². The Hall–Kier alpha value is -3.55. The molecule has 19 nitrogen and oxygen atoms in total. The molecule has 19 heteroatoms. The number of rotatable bonds is 62. The quantitative estimate of drug-likeness (QED) is 0.0199. The normalized spacial score (nSPS) is 26.8. The zero-order valence-electron chi connectivity index (χ0n) is 62.8. The van der Waals surface area contributed by atoms with E-state index in [4.69, 9.17) is 28.4 Å². The van der Waals surface area contributed by atoms with E-state index in [1.807, 2.05) is 6.08 Å². The van der Waals surface area contributed by atoms with Crippen molar-refractivity contribution in [3.8, 4) is 0 Å². The number of aliphatic hydroxyl groups excluding tert-OH is 11. The van der Waals surface area contributed by atoms with E-state index in [1.54, 1.807) is 6.08 Å². The van der Waals surface area contributed by atoms with Crippen molar-refractivity contribution in [2.75, 3.05) is 26.4 Å². The van der Waals surface area contributed by atoms with Crippen LogP contribution < -0.4 is 5.32 Å². The van der Waals surface area contributed by atoms with E-state index in [2.05, 4.69) is 116 Å². The molecule has 3 aliphatic heterocycles. The van der Waals surface area contributed by atoms with Gasteiger partial charge in [0.25, 0.3) is 0 Å². The third-order valence-electron chi connectivity index (χ3n) is 19.3. The third kappa shape index (κ3) is 42.1. The molecule has 0 aromatic rings. The smallest absolute Gasteiger partial charge is 0.220 e. The van der Waals surface area contributed by atoms with E-state index in [0.717, 1.165) is 96.3 Å². The van der Waals surface area contributed by atoms with Gasteiger partial charge in [-0.3, -0.25) is 4.79 Å². The van der Waals surface area contributed by atoms with E-state index in [-0.39, 0.29) is 18.9 Å². The molecule has 102 heavy (non-hydrogen) atoms. The summed E-state index contributed by atoms with van der Waals surface area (Å²) in [5.41, 5.74) is 0. The Morgan fingerprint density at radius 1 is 0.363 bits per heavy atom. The van der Waals surface area contributed by atoms with Crippen LogP contribution in [0.3, 0.4) is 0 Å². The predicted octanol–water partition coefficient (Wildman–Crippen LogP) is 13.3. The number of ether oxygens (including phenoxy) is 6. The summed E-state index contributed by atoms with van der Waals surface area (Å²) >= 11 is 0. The first kappa shape index (κ1) is 92.7. The largest absolute Gasteiger partial charge is 0.394 e. The van der Waals surface area contributed by atoms with E-state index in [0.29, 0.717) is 12.8 Å². The maximum atomic E-state index is 13.5. The summed E-state index contributed by atoms with van der Waals surface area (Å²) in [6.45, 7) is 1.62. The lowest BCUT2D eigenvalue weighted by Gasteiger charge is -2.48. The van der Waals surface area contributed by atoms with Crippen molar-refractivity contribution in [1.82, 2.24) is 5.32 Å². The zero-order valence-corrected chi connectivity index (χ0v) is 62.8. The van der Waals surface area contributed by atoms with Gasteiger partial charge in [0.1, 0.15) is 73.2 Å². The number of carbonyl (C=O) groups is 1. The molecule has 3 heterocycles. The number of unbranched alkanes of at least 4 members (excludes halogenated alkanes) is 30. The summed E-state index contributed by atoms with van der Waals surface area (Å²) in [4.78, 5) is 13.5. The van der Waals surface area contributed by atoms with Gasteiger partial charge in [-0.25, -0.2) is 0 Å². The summed E-state index contributed by atoms with van der Waals surface area (Å²) in [5, 5.41) is 121. The van der Waals surface area contributed by atoms with Crippen LogP contribution in [0.2, 0.25) is 0 Å². The SMILES string of the molecule is CC/C=C\C/C=C\C/C=C\C/C=C\C/C=C\C/C=C\C/C=C\CCCCCCCCCCCC(=O)NC(COC1OC(CO)C(OC2OC(CO)C(OC3OC(CO)C(O)C(O)C3O)C(O)C2O)C(O)C1O)C(O)/C=C/CC/C=C/CCCCCCCCCCCCCCCCCCCCCC. The number of amides is 1. The first-order valence-electron chi connectivity index (χ1n) is 40.1. The van der Waals surface area contributed by atoms with Crippen LogP contribution in [-0.2, 0) is 33.2 Å². The molecule has 17 atom stereocenters. The van der Waals surface area contributed by atoms with Gasteiger partial charge < -0.3 is 89.9 Å². The second kappa shape index (κ2) is 62.5. The van der Waals surface area contributed by atoms with Crippen LogP contribution in [0.5, 0.6) is 0 Å². The van der Waals surface area contributed by atoms with E-state index in [9.17, 15) is 61.0 Å². The fraction of sp³-hybridized carbons (Fsp3) is 0.771. The minimum Gasteiger partial charge on any atom is -0.394 e. The highest BCUT2D eigenvalue weighted by molar-refractivity contribution is 5.76. The van der Waals surface area contributed by atoms with Crippen LogP contribution in [-0.4, -0.2) is 193 Å². The van der Waals surface area contributed by atoms with Gasteiger partial charge in [-0.05, 0) is 89.9 Å². The van der Waals surface area contributed by atoms with Crippen LogP contribution >= 0.6 is 0 Å². The predicted molar refractivity (Wildman–Crippen MR) is 406 cm³/mol. The Labute approximate surface area is 615 Å². The Bertz CT molecular complexity index is 2270. The van der Waals surface area contributed by atoms with Gasteiger partial charge in [0.2, 0.25) is 5.91 Å². The third-order valence-corrected chi connectivity index (χ3v) is 19.3. The number of carbonyl (C=O) groups excluding carboxylic acids is 1. The average Bonchev–Trinajstić information content (AvgIpc) is 0.781. The van der Waals surface area contributed by atoms with Crippen LogP contribution in [0.15, 0.2) is 109 Å². The molecule has 3 fully saturated rings. The molecule has 3 aliphatic rings. The number of hydrogen-bond acceptors (Lipinski definition) is 18. The molecule has 0 radical (unpaired) electrons. The Balaban J connectivity index is 1.40. The van der Waals surface area contributed by atoms with Crippen LogP contribution in [0.4, 0.5) is 0 Å². The molecule has 0 bridgehead atoms. The number of aliphatic hydroxyl groups is 11. The molecule has 588 valence electrons. The van der Waals surface area contributed by atoms with Gasteiger partial charge in [-0.1, -0.05) is 290 Å². The first-order valence-corrected chi connectivity index (χ1v) is 40.1. The molecule has 0 saturated carbocycles. The van der Waals surface area contributed by atoms with Crippen LogP contribution in [0.25, 0.3) is 0 Å². The molecule has 12 N–H and O–H groups in total. The number of allylic oxidation sites excluding steroid dienone is 17. The molecule has 17 unspecified atom stereocenters. The minimum absolute atomic E-state index is 0.222. The highest BCUT2D eigenvalue weighted by Crippen LogP contribution is 2.33. The highest BCUT2D eigenvalue weighted by atomic mass is 16.8. The maximum absolute atomic E-state index is 13.5. The van der Waals surface area contributed by atoms with Crippen molar-refractivity contribution in [2.45, 2.75) is 381 Å². The Morgan fingerprint density at radius 2 is 0.686 bits per heavy atom. The molecule has 3 saturated heterocycles. The van der Waals surface area contributed by atoms with Gasteiger partial charge in [0.15, 0.2) is 18.9 Å². The van der Waals surface area contributed by atoms with Crippen molar-refractivity contribution >= 4 is 5.91 Å². The monoisotopic (exact) mass is 1440 g/mol. The molecular weight excluding hydrogens is 1300 g/mol. The molecule has 0 aliphatic carbocycles. The second-order valence-corrected chi connectivity index (χ2v) is 28.1. The lowest BCUT2D eigenvalue weighted by atomic mass is 9.96. The van der Waals surface area contributed by atoms with Crippen molar-refractivity contribution in [2.24, 2.45) is 0 Å². The molecule has 1 amide bonds. The molecule has 3 rings (SSSR count). The molecule has 0 spiro atoms. The minimum atomic E-state index is -1.99. The highest BCUT2D eigenvalue weighted by Gasteiger charge is 2.54. The summed E-state index contributed by atoms with van der Waals surface area (Å²) in [6, 6.07) is -1.00. The van der Waals surface area contributed by atoms with Gasteiger partial charge in [0.05, 0.1) is 38.6 Å². The standard InChI is InChI=1S/C83H143NO18/c1-3-5-7-9-11-13-15-17-19-21-23-25-27-29-31-32-33-34-35-37-39-41-43-45-47-49-51-53-55-57-59-61-71(89)84-66(67(88)60-58-56-54-52-50-48-46-44-42-40-38-36-30-28-26-24-22-20-18-16-14-12-10-8-6-4-2)65-97-81-77(95)74(92)79(69(63-86)99-81)102-83-78(96)75(93)80(70(64-87)100-83)101-82-76(94)73(91)72(90)68(62-85)98-82/h5,7,11,13,17,19,23,25,29,31,33-34,37,39,50,52,58,60,66-70,72-83,85-88,90-96H,3-4,6,8-10,12,14-16,18,20-22,24,26-28,30,32,35-36,38,40-49,51,53-57,59,61-65H2,1-2H3,(H,84,89)/b7-5-,13-11-,19-17-,25-23-,31-29-,34-33-,39-37-,52-50+,60-58+.